The van der Waals surface area contributed by atoms with Gasteiger partial charge in [-0.15, -0.1) is 10.2 Å². The predicted octanol–water partition coefficient (Wildman–Crippen LogP) is 4.04. The third-order valence-corrected chi connectivity index (χ3v) is 6.81. The standard InChI is InChI=1S/C24H26N6O/c1-16-26-27-24-22-15-25-12-9-21(22)23(28-30(16)24)17-5-7-19(8-6-17)31-20-10-13-29(14-11-20)18-3-2-4-18/h5-9,12,15,18,20H,2-4,10-11,13-14H2,1H3. The Morgan fingerprint density at radius 3 is 2.48 bits per heavy atom. The molecule has 0 amide bonds. The molecule has 0 N–H and O–H groups in total. The summed E-state index contributed by atoms with van der Waals surface area (Å²) >= 11 is 0. The number of hydrogen-bond acceptors (Lipinski definition) is 6. The third-order valence-electron chi connectivity index (χ3n) is 6.81. The summed E-state index contributed by atoms with van der Waals surface area (Å²) in [5, 5.41) is 15.3. The molecule has 0 unspecified atom stereocenters. The van der Waals surface area contributed by atoms with Crippen molar-refractivity contribution in [2.75, 3.05) is 13.1 Å². The van der Waals surface area contributed by atoms with Gasteiger partial charge in [-0.3, -0.25) is 4.98 Å². The second-order valence-corrected chi connectivity index (χ2v) is 8.71. The van der Waals surface area contributed by atoms with E-state index >= 15 is 0 Å². The van der Waals surface area contributed by atoms with Crippen molar-refractivity contribution in [1.82, 2.24) is 29.7 Å². The molecular formula is C24H26N6O. The van der Waals surface area contributed by atoms with Crippen molar-refractivity contribution >= 4 is 16.4 Å². The van der Waals surface area contributed by atoms with E-state index in [4.69, 9.17) is 9.84 Å². The third kappa shape index (κ3) is 3.33. The summed E-state index contributed by atoms with van der Waals surface area (Å²) in [7, 11) is 0. The number of aryl methyl sites for hydroxylation is 1. The summed E-state index contributed by atoms with van der Waals surface area (Å²) in [6.07, 6.45) is 10.3. The maximum absolute atomic E-state index is 6.31. The lowest BCUT2D eigenvalue weighted by Gasteiger charge is -2.41. The molecule has 1 saturated heterocycles. The SMILES string of the molecule is Cc1nnc2c3cnccc3c(-c3ccc(OC4CCN(C5CCC5)CC4)cc3)nn12. The van der Waals surface area contributed by atoms with E-state index in [0.29, 0.717) is 6.10 Å². The largest absolute Gasteiger partial charge is 0.490 e. The van der Waals surface area contributed by atoms with E-state index < -0.39 is 0 Å². The molecule has 2 aliphatic rings. The van der Waals surface area contributed by atoms with Gasteiger partial charge in [-0.25, -0.2) is 0 Å². The van der Waals surface area contributed by atoms with Crippen LogP contribution in [0.1, 0.15) is 37.9 Å². The van der Waals surface area contributed by atoms with Crippen LogP contribution in [0.2, 0.25) is 0 Å². The minimum absolute atomic E-state index is 0.309. The van der Waals surface area contributed by atoms with Crippen molar-refractivity contribution < 1.29 is 4.74 Å². The monoisotopic (exact) mass is 414 g/mol. The summed E-state index contributed by atoms with van der Waals surface area (Å²) in [6.45, 7) is 4.23. The van der Waals surface area contributed by atoms with Crippen LogP contribution in [0.15, 0.2) is 42.7 Å². The van der Waals surface area contributed by atoms with Crippen LogP contribution in [0.4, 0.5) is 0 Å². The summed E-state index contributed by atoms with van der Waals surface area (Å²) in [4.78, 5) is 6.93. The van der Waals surface area contributed by atoms with Gasteiger partial charge in [0.1, 0.15) is 11.9 Å². The topological polar surface area (TPSA) is 68.4 Å². The first-order valence-electron chi connectivity index (χ1n) is 11.2. The van der Waals surface area contributed by atoms with Gasteiger partial charge in [0.2, 0.25) is 0 Å². The van der Waals surface area contributed by atoms with Gasteiger partial charge in [-0.1, -0.05) is 6.42 Å². The number of aromatic nitrogens is 5. The van der Waals surface area contributed by atoms with Gasteiger partial charge in [0.05, 0.1) is 5.69 Å². The Balaban J connectivity index is 1.24. The zero-order valence-corrected chi connectivity index (χ0v) is 17.7. The number of hydrogen-bond donors (Lipinski definition) is 0. The Hall–Kier alpha value is -3.06. The van der Waals surface area contributed by atoms with Crippen LogP contribution in [-0.2, 0) is 0 Å². The molecule has 7 nitrogen and oxygen atoms in total. The van der Waals surface area contributed by atoms with E-state index in [-0.39, 0.29) is 0 Å². The molecule has 1 aliphatic carbocycles. The molecule has 2 fully saturated rings. The second kappa shape index (κ2) is 7.57. The van der Waals surface area contributed by atoms with Crippen molar-refractivity contribution in [2.24, 2.45) is 0 Å². The number of fused-ring (bicyclic) bond motifs is 3. The molecule has 1 aromatic carbocycles. The first-order valence-corrected chi connectivity index (χ1v) is 11.2. The van der Waals surface area contributed by atoms with Crippen LogP contribution < -0.4 is 4.74 Å². The fourth-order valence-corrected chi connectivity index (χ4v) is 4.79. The molecule has 158 valence electrons. The molecule has 7 heteroatoms. The summed E-state index contributed by atoms with van der Waals surface area (Å²) in [5.41, 5.74) is 2.67. The van der Waals surface area contributed by atoms with E-state index in [9.17, 15) is 0 Å². The Morgan fingerprint density at radius 1 is 0.935 bits per heavy atom. The fraction of sp³-hybridized carbons (Fsp3) is 0.417. The van der Waals surface area contributed by atoms with Crippen molar-refractivity contribution in [3.63, 3.8) is 0 Å². The first kappa shape index (κ1) is 18.7. The minimum atomic E-state index is 0.309. The molecule has 1 saturated carbocycles. The van der Waals surface area contributed by atoms with Gasteiger partial charge in [0, 0.05) is 47.9 Å². The molecule has 6 rings (SSSR count). The molecule has 0 bridgehead atoms. The van der Waals surface area contributed by atoms with Gasteiger partial charge in [0.25, 0.3) is 0 Å². The molecule has 0 spiro atoms. The second-order valence-electron chi connectivity index (χ2n) is 8.71. The number of benzene rings is 1. The number of ether oxygens (including phenoxy) is 1. The highest BCUT2D eigenvalue weighted by Gasteiger charge is 2.29. The molecule has 4 aromatic rings. The van der Waals surface area contributed by atoms with Gasteiger partial charge in [0.15, 0.2) is 11.5 Å². The minimum Gasteiger partial charge on any atom is -0.490 e. The van der Waals surface area contributed by atoms with Crippen molar-refractivity contribution in [2.45, 2.75) is 51.2 Å². The highest BCUT2D eigenvalue weighted by Crippen LogP contribution is 2.31. The Kier molecular flexibility index (Phi) is 4.56. The van der Waals surface area contributed by atoms with Gasteiger partial charge in [-0.2, -0.15) is 9.61 Å². The van der Waals surface area contributed by atoms with Crippen LogP contribution in [0.25, 0.3) is 27.7 Å². The summed E-state index contributed by atoms with van der Waals surface area (Å²) in [6, 6.07) is 11.1. The number of pyridine rings is 1. The first-order chi connectivity index (χ1) is 15.3. The lowest BCUT2D eigenvalue weighted by Crippen LogP contribution is -2.46. The number of nitrogens with zero attached hydrogens (tertiary/aromatic N) is 6. The van der Waals surface area contributed by atoms with E-state index in [1.165, 1.54) is 19.3 Å². The molecule has 0 radical (unpaired) electrons. The maximum atomic E-state index is 6.31. The zero-order valence-electron chi connectivity index (χ0n) is 17.7. The van der Waals surface area contributed by atoms with Crippen LogP contribution in [0, 0.1) is 6.92 Å². The van der Waals surface area contributed by atoms with Crippen LogP contribution in [-0.4, -0.2) is 54.9 Å². The quantitative estimate of drug-likeness (QED) is 0.502. The van der Waals surface area contributed by atoms with E-state index in [1.54, 1.807) is 10.7 Å². The summed E-state index contributed by atoms with van der Waals surface area (Å²) < 4.78 is 8.10. The normalized spacial score (nSPS) is 18.5. The van der Waals surface area contributed by atoms with E-state index in [0.717, 1.165) is 71.2 Å². The fourth-order valence-electron chi connectivity index (χ4n) is 4.79. The van der Waals surface area contributed by atoms with Crippen LogP contribution in [0.5, 0.6) is 5.75 Å². The molecule has 3 aromatic heterocycles. The van der Waals surface area contributed by atoms with E-state index in [2.05, 4.69) is 44.3 Å². The van der Waals surface area contributed by atoms with Gasteiger partial charge >= 0.3 is 0 Å². The number of likely N-dealkylation sites (tertiary alicyclic amines) is 1. The Bertz CT molecular complexity index is 1220. The van der Waals surface area contributed by atoms with Gasteiger partial charge < -0.3 is 9.64 Å². The Morgan fingerprint density at radius 2 is 1.74 bits per heavy atom. The average Bonchev–Trinajstić information content (AvgIpc) is 3.15. The molecule has 0 atom stereocenters. The van der Waals surface area contributed by atoms with Crippen LogP contribution >= 0.6 is 0 Å². The molecule has 1 aliphatic heterocycles. The summed E-state index contributed by atoms with van der Waals surface area (Å²) in [5.74, 6) is 1.69. The number of piperidine rings is 1. The van der Waals surface area contributed by atoms with E-state index in [1.807, 2.05) is 19.2 Å². The van der Waals surface area contributed by atoms with Crippen molar-refractivity contribution in [3.05, 3.63) is 48.5 Å². The lowest BCUT2D eigenvalue weighted by molar-refractivity contribution is 0.0493. The lowest BCUT2D eigenvalue weighted by atomic mass is 9.90. The maximum Gasteiger partial charge on any atom is 0.187 e. The van der Waals surface area contributed by atoms with Gasteiger partial charge in [-0.05, 0) is 62.9 Å². The average molecular weight is 415 g/mol. The van der Waals surface area contributed by atoms with Crippen molar-refractivity contribution in [1.29, 1.82) is 0 Å². The van der Waals surface area contributed by atoms with Crippen LogP contribution in [0.3, 0.4) is 0 Å². The van der Waals surface area contributed by atoms with Crippen molar-refractivity contribution in [3.8, 4) is 17.0 Å². The Labute approximate surface area is 181 Å². The number of rotatable bonds is 4. The molecule has 31 heavy (non-hydrogen) atoms. The highest BCUT2D eigenvalue weighted by molar-refractivity contribution is 6.00. The predicted molar refractivity (Wildman–Crippen MR) is 119 cm³/mol. The molecular weight excluding hydrogens is 388 g/mol. The molecule has 4 heterocycles. The smallest absolute Gasteiger partial charge is 0.187 e. The highest BCUT2D eigenvalue weighted by atomic mass is 16.5. The zero-order chi connectivity index (χ0) is 20.8.